The number of aliphatic hydroxyl groups excluding tert-OH is 4. The van der Waals surface area contributed by atoms with Gasteiger partial charge in [0.25, 0.3) is 0 Å². The third-order valence-corrected chi connectivity index (χ3v) is 10.9. The molecule has 0 rings (SSSR count). The molecular weight excluding hydrogens is 858 g/mol. The van der Waals surface area contributed by atoms with E-state index in [0.29, 0.717) is 12.8 Å². The number of unbranched alkanes of at least 4 members (excludes halogenated alkanes) is 12. The number of rotatable bonds is 41. The quantitative estimate of drug-likeness (QED) is 0.00998. The van der Waals surface area contributed by atoms with Crippen molar-refractivity contribution >= 4 is 27.6 Å². The summed E-state index contributed by atoms with van der Waals surface area (Å²) in [5.41, 5.74) is 0. The molecule has 0 saturated carbocycles. The maximum absolute atomic E-state index is 12.7. The summed E-state index contributed by atoms with van der Waals surface area (Å²) < 4.78 is 47.6. The van der Waals surface area contributed by atoms with E-state index in [2.05, 4.69) is 22.9 Å². The zero-order valence-corrected chi connectivity index (χ0v) is 39.7. The van der Waals surface area contributed by atoms with E-state index in [1.54, 1.807) is 42.5 Å². The van der Waals surface area contributed by atoms with Crippen LogP contribution in [-0.4, -0.2) is 104 Å². The van der Waals surface area contributed by atoms with Gasteiger partial charge in [0.2, 0.25) is 0 Å². The zero-order valence-electron chi connectivity index (χ0n) is 37.9. The number of allylic oxidation sites excluding steroid dienone is 7. The Morgan fingerprint density at radius 2 is 1.08 bits per heavy atom. The lowest BCUT2D eigenvalue weighted by Crippen LogP contribution is -2.30. The first-order chi connectivity index (χ1) is 29.9. The summed E-state index contributed by atoms with van der Waals surface area (Å²) in [6.07, 6.45) is 28.8. The average molecular weight is 939 g/mol. The van der Waals surface area contributed by atoms with Gasteiger partial charge in [-0.25, -0.2) is 9.13 Å². The van der Waals surface area contributed by atoms with Gasteiger partial charge < -0.3 is 44.6 Å². The SMILES string of the molecule is CC/C=C\C[C@@H](O)/C=C/C=C/C=C\C=C/[C@H](O)[C@@H](O)CCCC(=O)OC[C@H](COP(=O)(O)OC[C@@H](O)COP(=O)(O)O)OC(=O)CCCCCCCCCCCCCCCC(C)C. The van der Waals surface area contributed by atoms with Crippen molar-refractivity contribution in [1.82, 2.24) is 0 Å². The molecule has 0 aliphatic carbocycles. The van der Waals surface area contributed by atoms with E-state index in [-0.39, 0.29) is 25.7 Å². The van der Waals surface area contributed by atoms with Crippen LogP contribution in [0.4, 0.5) is 0 Å². The van der Waals surface area contributed by atoms with Crippen LogP contribution in [0.1, 0.15) is 149 Å². The topological polar surface area (TPSA) is 256 Å². The third kappa shape index (κ3) is 42.1. The van der Waals surface area contributed by atoms with Crippen LogP contribution >= 0.6 is 15.6 Å². The van der Waals surface area contributed by atoms with Crippen molar-refractivity contribution in [3.8, 4) is 0 Å². The summed E-state index contributed by atoms with van der Waals surface area (Å²) in [5, 5.41) is 40.2. The molecule has 1 unspecified atom stereocenters. The number of hydrogen-bond acceptors (Lipinski definition) is 13. The van der Waals surface area contributed by atoms with Crippen LogP contribution in [0.2, 0.25) is 0 Å². The minimum atomic E-state index is -4.90. The molecule has 0 fully saturated rings. The molecule has 0 heterocycles. The normalized spacial score (nSPS) is 16.1. The largest absolute Gasteiger partial charge is 0.472 e. The molecule has 0 aromatic heterocycles. The number of esters is 2. The second-order valence-electron chi connectivity index (χ2n) is 16.0. The van der Waals surface area contributed by atoms with E-state index in [1.807, 2.05) is 19.1 Å². The van der Waals surface area contributed by atoms with E-state index >= 15 is 0 Å². The van der Waals surface area contributed by atoms with Gasteiger partial charge in [0.05, 0.1) is 38.1 Å². The molecule has 0 aliphatic rings. The average Bonchev–Trinajstić information content (AvgIpc) is 3.22. The highest BCUT2D eigenvalue weighted by Gasteiger charge is 2.28. The first-order valence-corrected chi connectivity index (χ1v) is 25.7. The Morgan fingerprint density at radius 1 is 0.571 bits per heavy atom. The Bertz CT molecular complexity index is 1410. The van der Waals surface area contributed by atoms with Crippen LogP contribution in [0.3, 0.4) is 0 Å². The van der Waals surface area contributed by atoms with Crippen molar-refractivity contribution < 1.29 is 76.9 Å². The molecule has 0 radical (unpaired) electrons. The van der Waals surface area contributed by atoms with Gasteiger partial charge in [0.1, 0.15) is 12.7 Å². The fourth-order valence-electron chi connectivity index (χ4n) is 5.87. The van der Waals surface area contributed by atoms with E-state index in [4.69, 9.17) is 23.8 Å². The van der Waals surface area contributed by atoms with Crippen LogP contribution in [0.5, 0.6) is 0 Å². The van der Waals surface area contributed by atoms with Crippen LogP contribution in [0.15, 0.2) is 60.8 Å². The number of aliphatic hydroxyl groups is 4. The molecule has 7 N–H and O–H groups in total. The monoisotopic (exact) mass is 938 g/mol. The van der Waals surface area contributed by atoms with Gasteiger partial charge in [0, 0.05) is 12.8 Å². The Morgan fingerprint density at radius 3 is 1.65 bits per heavy atom. The number of phosphoric acid groups is 2. The van der Waals surface area contributed by atoms with Gasteiger partial charge in [-0.3, -0.25) is 23.2 Å². The van der Waals surface area contributed by atoms with E-state index in [9.17, 15) is 44.0 Å². The summed E-state index contributed by atoms with van der Waals surface area (Å²) in [7, 11) is -9.80. The van der Waals surface area contributed by atoms with Crippen LogP contribution in [0, 0.1) is 5.92 Å². The number of hydrogen-bond donors (Lipinski definition) is 7. The maximum atomic E-state index is 12.7. The molecule has 63 heavy (non-hydrogen) atoms. The molecule has 0 aromatic rings. The first-order valence-electron chi connectivity index (χ1n) is 22.7. The second kappa shape index (κ2) is 38.9. The molecule has 16 nitrogen and oxygen atoms in total. The lowest BCUT2D eigenvalue weighted by atomic mass is 10.0. The minimum Gasteiger partial charge on any atom is -0.462 e. The molecule has 0 aliphatic heterocycles. The van der Waals surface area contributed by atoms with Gasteiger partial charge in [-0.1, -0.05) is 165 Å². The number of carbonyl (C=O) groups is 2. The fraction of sp³-hybridized carbons (Fsp3) is 0.733. The lowest BCUT2D eigenvalue weighted by molar-refractivity contribution is -0.161. The van der Waals surface area contributed by atoms with Crippen molar-refractivity contribution in [3.05, 3.63) is 60.8 Å². The van der Waals surface area contributed by atoms with Crippen LogP contribution in [0.25, 0.3) is 0 Å². The van der Waals surface area contributed by atoms with Crippen LogP contribution in [-0.2, 0) is 41.8 Å². The first kappa shape index (κ1) is 60.7. The molecule has 0 amide bonds. The number of carbonyl (C=O) groups excluding carboxylic acids is 2. The van der Waals surface area contributed by atoms with Crippen molar-refractivity contribution in [3.63, 3.8) is 0 Å². The highest BCUT2D eigenvalue weighted by molar-refractivity contribution is 7.47. The van der Waals surface area contributed by atoms with Gasteiger partial charge in [-0.05, 0) is 38.0 Å². The van der Waals surface area contributed by atoms with Gasteiger partial charge in [-0.15, -0.1) is 0 Å². The highest BCUT2D eigenvalue weighted by atomic mass is 31.2. The molecule has 18 heteroatoms. The minimum absolute atomic E-state index is 0.0567. The van der Waals surface area contributed by atoms with Gasteiger partial charge in [-0.2, -0.15) is 0 Å². The van der Waals surface area contributed by atoms with Crippen molar-refractivity contribution in [2.24, 2.45) is 5.92 Å². The molecule has 0 bridgehead atoms. The Hall–Kier alpha value is -2.30. The molecule has 0 aromatic carbocycles. The summed E-state index contributed by atoms with van der Waals surface area (Å²) in [6.45, 7) is 3.49. The molecule has 6 atom stereocenters. The Labute approximate surface area is 376 Å². The predicted molar refractivity (Wildman–Crippen MR) is 243 cm³/mol. The summed E-state index contributed by atoms with van der Waals surface area (Å²) in [6, 6.07) is 0. The molecule has 0 spiro atoms. The maximum Gasteiger partial charge on any atom is 0.472 e. The van der Waals surface area contributed by atoms with E-state index in [1.165, 1.54) is 63.9 Å². The van der Waals surface area contributed by atoms with E-state index < -0.39 is 84.5 Å². The lowest BCUT2D eigenvalue weighted by Gasteiger charge is -2.20. The third-order valence-electron chi connectivity index (χ3n) is 9.43. The van der Waals surface area contributed by atoms with Crippen molar-refractivity contribution in [1.29, 1.82) is 0 Å². The summed E-state index contributed by atoms with van der Waals surface area (Å²) in [4.78, 5) is 52.8. The van der Waals surface area contributed by atoms with E-state index in [0.717, 1.165) is 38.0 Å². The number of ether oxygens (including phenoxy) is 2. The van der Waals surface area contributed by atoms with Crippen molar-refractivity contribution in [2.45, 2.75) is 180 Å². The van der Waals surface area contributed by atoms with Gasteiger partial charge >= 0.3 is 27.6 Å². The predicted octanol–water partition coefficient (Wildman–Crippen LogP) is 8.39. The standard InChI is InChI=1S/C45H80O16P2/c1-4-5-21-28-39(46)29-23-18-15-16-19-24-30-42(48)43(49)31-26-33-44(50)57-36-41(37-60-63(55,56)59-35-40(47)34-58-62(52,53)54)61-45(51)32-25-20-14-12-10-8-6-7-9-11-13-17-22-27-38(2)3/h5,15-16,18-19,21,23-24,29-30,38-43,46-49H,4,6-14,17,20,22,25-28,31-37H2,1-3H3,(H,55,56)(H2,52,53,54)/b18-15+,19-16-,21-5-,29-23+,30-24-/t39-,40+,41-,42+,43+/m1/s1. The molecule has 366 valence electrons. The summed E-state index contributed by atoms with van der Waals surface area (Å²) >= 11 is 0. The number of phosphoric ester groups is 2. The smallest absolute Gasteiger partial charge is 0.462 e. The molecular formula is C45H80O16P2. The summed E-state index contributed by atoms with van der Waals surface area (Å²) in [5.74, 6) is -0.582. The zero-order chi connectivity index (χ0) is 47.2. The van der Waals surface area contributed by atoms with Crippen LogP contribution < -0.4 is 0 Å². The molecule has 0 saturated heterocycles. The highest BCUT2D eigenvalue weighted by Crippen LogP contribution is 2.43. The van der Waals surface area contributed by atoms with Gasteiger partial charge in [0.15, 0.2) is 6.10 Å². The Kier molecular flexibility index (Phi) is 37.5. The fourth-order valence-corrected chi connectivity index (χ4v) is 7.03. The Balaban J connectivity index is 4.80. The van der Waals surface area contributed by atoms with Crippen molar-refractivity contribution in [2.75, 3.05) is 26.4 Å². The second-order valence-corrected chi connectivity index (χ2v) is 18.7.